The van der Waals surface area contributed by atoms with Gasteiger partial charge >= 0.3 is 0 Å². The summed E-state index contributed by atoms with van der Waals surface area (Å²) in [7, 11) is 0. The van der Waals surface area contributed by atoms with E-state index in [1.807, 2.05) is 25.1 Å². The summed E-state index contributed by atoms with van der Waals surface area (Å²) in [6.45, 7) is 2.45. The molecule has 0 unspecified atom stereocenters. The van der Waals surface area contributed by atoms with Gasteiger partial charge in [0, 0.05) is 11.4 Å². The van der Waals surface area contributed by atoms with E-state index in [0.717, 1.165) is 15.2 Å². The Hall–Kier alpha value is -2.12. The van der Waals surface area contributed by atoms with Crippen LogP contribution in [0.15, 0.2) is 52.9 Å². The fraction of sp³-hybridized carbons (Fsp3) is 0.176. The SMILES string of the molecule is Cc1cccc(Nc2nnc(SCCOc3ccccc3F)s2)c1. The lowest BCUT2D eigenvalue weighted by Gasteiger charge is -2.05. The van der Waals surface area contributed by atoms with Crippen LogP contribution in [0, 0.1) is 12.7 Å². The van der Waals surface area contributed by atoms with Crippen LogP contribution in [0.1, 0.15) is 5.56 Å². The number of aryl methyl sites for hydroxylation is 1. The second kappa shape index (κ2) is 8.12. The third-order valence-corrected chi connectivity index (χ3v) is 5.02. The summed E-state index contributed by atoms with van der Waals surface area (Å²) < 4.78 is 19.7. The number of hydrogen-bond acceptors (Lipinski definition) is 6. The van der Waals surface area contributed by atoms with Crippen LogP contribution in [0.5, 0.6) is 5.75 Å². The second-order valence-electron chi connectivity index (χ2n) is 4.99. The highest BCUT2D eigenvalue weighted by molar-refractivity contribution is 8.01. The molecule has 1 heterocycles. The highest BCUT2D eigenvalue weighted by atomic mass is 32.2. The van der Waals surface area contributed by atoms with Crippen molar-refractivity contribution in [3.8, 4) is 5.75 Å². The van der Waals surface area contributed by atoms with Gasteiger partial charge in [-0.25, -0.2) is 4.39 Å². The van der Waals surface area contributed by atoms with Crippen LogP contribution in [0.3, 0.4) is 0 Å². The molecule has 24 heavy (non-hydrogen) atoms. The zero-order valence-electron chi connectivity index (χ0n) is 13.0. The summed E-state index contributed by atoms with van der Waals surface area (Å²) in [5.74, 6) is 0.605. The maximum absolute atomic E-state index is 13.4. The molecule has 1 aromatic heterocycles. The molecule has 1 N–H and O–H groups in total. The number of hydrogen-bond donors (Lipinski definition) is 1. The number of nitrogens with one attached hydrogen (secondary N) is 1. The van der Waals surface area contributed by atoms with Gasteiger partial charge in [0.2, 0.25) is 5.13 Å². The third kappa shape index (κ3) is 4.69. The average molecular weight is 361 g/mol. The molecule has 0 atom stereocenters. The lowest BCUT2D eigenvalue weighted by atomic mass is 10.2. The van der Waals surface area contributed by atoms with Gasteiger partial charge in [0.25, 0.3) is 0 Å². The second-order valence-corrected chi connectivity index (χ2v) is 7.31. The fourth-order valence-corrected chi connectivity index (χ4v) is 3.67. The minimum Gasteiger partial charge on any atom is -0.490 e. The number of ether oxygens (including phenoxy) is 1. The van der Waals surface area contributed by atoms with E-state index in [1.165, 1.54) is 34.7 Å². The van der Waals surface area contributed by atoms with Crippen LogP contribution >= 0.6 is 23.1 Å². The summed E-state index contributed by atoms with van der Waals surface area (Å²) in [5, 5.41) is 12.3. The zero-order valence-corrected chi connectivity index (χ0v) is 14.7. The van der Waals surface area contributed by atoms with Crippen molar-refractivity contribution in [3.05, 3.63) is 59.9 Å². The molecule has 0 aliphatic rings. The van der Waals surface area contributed by atoms with Gasteiger partial charge < -0.3 is 10.1 Å². The molecule has 0 aliphatic carbocycles. The Morgan fingerprint density at radius 2 is 2.04 bits per heavy atom. The first kappa shape index (κ1) is 16.7. The molecule has 2 aromatic carbocycles. The van der Waals surface area contributed by atoms with Crippen LogP contribution < -0.4 is 10.1 Å². The Bertz CT molecular complexity index is 810. The van der Waals surface area contributed by atoms with E-state index in [9.17, 15) is 4.39 Å². The maximum atomic E-state index is 13.4. The van der Waals surface area contributed by atoms with Gasteiger partial charge in [-0.05, 0) is 36.8 Å². The van der Waals surface area contributed by atoms with Gasteiger partial charge in [0.1, 0.15) is 0 Å². The lowest BCUT2D eigenvalue weighted by molar-refractivity contribution is 0.325. The van der Waals surface area contributed by atoms with Gasteiger partial charge in [0.15, 0.2) is 15.9 Å². The van der Waals surface area contributed by atoms with Crippen LogP contribution in [0.2, 0.25) is 0 Å². The molecule has 0 fully saturated rings. The van der Waals surface area contributed by atoms with Gasteiger partial charge in [-0.3, -0.25) is 0 Å². The molecule has 0 spiro atoms. The summed E-state index contributed by atoms with van der Waals surface area (Å²) in [6, 6.07) is 14.5. The summed E-state index contributed by atoms with van der Waals surface area (Å²) in [6.07, 6.45) is 0. The molecule has 3 rings (SSSR count). The average Bonchev–Trinajstić information content (AvgIpc) is 3.00. The molecule has 0 saturated carbocycles. The van der Waals surface area contributed by atoms with E-state index in [-0.39, 0.29) is 11.6 Å². The third-order valence-electron chi connectivity index (χ3n) is 3.08. The highest BCUT2D eigenvalue weighted by Crippen LogP contribution is 2.28. The number of halogens is 1. The van der Waals surface area contributed by atoms with Gasteiger partial charge in [-0.1, -0.05) is 47.4 Å². The number of benzene rings is 2. The highest BCUT2D eigenvalue weighted by Gasteiger charge is 2.06. The van der Waals surface area contributed by atoms with Crippen molar-refractivity contribution in [3.63, 3.8) is 0 Å². The van der Waals surface area contributed by atoms with Crippen LogP contribution in [0.25, 0.3) is 0 Å². The normalized spacial score (nSPS) is 10.6. The molecular weight excluding hydrogens is 345 g/mol. The number of nitrogens with zero attached hydrogens (tertiary/aromatic N) is 2. The number of para-hydroxylation sites is 1. The lowest BCUT2D eigenvalue weighted by Crippen LogP contribution is -2.01. The summed E-state index contributed by atoms with van der Waals surface area (Å²) in [5.41, 5.74) is 2.18. The van der Waals surface area contributed by atoms with Gasteiger partial charge in [-0.2, -0.15) is 0 Å². The monoisotopic (exact) mass is 361 g/mol. The van der Waals surface area contributed by atoms with E-state index < -0.39 is 0 Å². The van der Waals surface area contributed by atoms with E-state index in [4.69, 9.17) is 4.74 Å². The predicted molar refractivity (Wildman–Crippen MR) is 97.0 cm³/mol. The van der Waals surface area contributed by atoms with Crippen molar-refractivity contribution in [2.24, 2.45) is 0 Å². The maximum Gasteiger partial charge on any atom is 0.210 e. The van der Waals surface area contributed by atoms with Gasteiger partial charge in [-0.15, -0.1) is 10.2 Å². The molecular formula is C17H16FN3OS2. The molecule has 7 heteroatoms. The Morgan fingerprint density at radius 3 is 2.88 bits per heavy atom. The van der Waals surface area contributed by atoms with E-state index >= 15 is 0 Å². The molecule has 4 nitrogen and oxygen atoms in total. The standard InChI is InChI=1S/C17H16FN3OS2/c1-12-5-4-6-13(11-12)19-16-20-21-17(24-16)23-10-9-22-15-8-3-2-7-14(15)18/h2-8,11H,9-10H2,1H3,(H,19,20). The smallest absolute Gasteiger partial charge is 0.210 e. The van der Waals surface area contributed by atoms with Crippen LogP contribution in [-0.2, 0) is 0 Å². The van der Waals surface area contributed by atoms with Crippen LogP contribution in [0.4, 0.5) is 15.2 Å². The zero-order chi connectivity index (χ0) is 16.8. The van der Waals surface area contributed by atoms with Crippen molar-refractivity contribution >= 4 is 33.9 Å². The van der Waals surface area contributed by atoms with Crippen LogP contribution in [-0.4, -0.2) is 22.6 Å². The Morgan fingerprint density at radius 1 is 1.17 bits per heavy atom. The number of aromatic nitrogens is 2. The van der Waals surface area contributed by atoms with E-state index in [2.05, 4.69) is 21.6 Å². The predicted octanol–water partition coefficient (Wildman–Crippen LogP) is 4.90. The van der Waals surface area contributed by atoms with Crippen molar-refractivity contribution in [1.29, 1.82) is 0 Å². The minimum absolute atomic E-state index is 0.275. The first-order chi connectivity index (χ1) is 11.7. The summed E-state index contributed by atoms with van der Waals surface area (Å²) in [4.78, 5) is 0. The molecule has 3 aromatic rings. The Labute approximate surface area is 148 Å². The van der Waals surface area contributed by atoms with Gasteiger partial charge in [0.05, 0.1) is 6.61 Å². The summed E-state index contributed by atoms with van der Waals surface area (Å²) >= 11 is 3.02. The largest absolute Gasteiger partial charge is 0.490 e. The first-order valence-electron chi connectivity index (χ1n) is 7.38. The molecule has 0 amide bonds. The topological polar surface area (TPSA) is 47.0 Å². The van der Waals surface area contributed by atoms with E-state index in [0.29, 0.717) is 12.4 Å². The molecule has 0 saturated heterocycles. The fourth-order valence-electron chi connectivity index (χ4n) is 2.01. The Kier molecular flexibility index (Phi) is 5.66. The first-order valence-corrected chi connectivity index (χ1v) is 9.18. The van der Waals surface area contributed by atoms with Crippen molar-refractivity contribution in [2.75, 3.05) is 17.7 Å². The molecule has 124 valence electrons. The van der Waals surface area contributed by atoms with Crippen molar-refractivity contribution < 1.29 is 9.13 Å². The van der Waals surface area contributed by atoms with Crippen molar-refractivity contribution in [1.82, 2.24) is 10.2 Å². The molecule has 0 radical (unpaired) electrons. The molecule has 0 aliphatic heterocycles. The number of rotatable bonds is 7. The Balaban J connectivity index is 1.47. The minimum atomic E-state index is -0.344. The number of anilines is 2. The van der Waals surface area contributed by atoms with Crippen molar-refractivity contribution in [2.45, 2.75) is 11.3 Å². The van der Waals surface area contributed by atoms with E-state index in [1.54, 1.807) is 18.2 Å². The molecule has 0 bridgehead atoms. The quantitative estimate of drug-likeness (QED) is 0.479. The number of thioether (sulfide) groups is 1.